The molecule has 11 heavy (non-hydrogen) atoms. The third-order valence-corrected chi connectivity index (χ3v) is 2.34. The maximum absolute atomic E-state index is 5.72. The van der Waals surface area contributed by atoms with E-state index in [1.807, 2.05) is 18.2 Å². The van der Waals surface area contributed by atoms with Gasteiger partial charge in [-0.15, -0.1) is 0 Å². The van der Waals surface area contributed by atoms with Crippen molar-refractivity contribution in [1.29, 1.82) is 0 Å². The first-order valence-electron chi connectivity index (χ1n) is 3.12. The monoisotopic (exact) mass is 228 g/mol. The highest BCUT2D eigenvalue weighted by molar-refractivity contribution is 9.10. The molecular formula is C8H4BrClN. The molecule has 3 heteroatoms. The Kier molecular flexibility index (Phi) is 1.66. The fourth-order valence-electron chi connectivity index (χ4n) is 1.01. The molecule has 0 saturated heterocycles. The van der Waals surface area contributed by atoms with Crippen LogP contribution < -0.4 is 0 Å². The minimum absolute atomic E-state index is 0.548. The molecule has 1 nitrogen and oxygen atoms in total. The van der Waals surface area contributed by atoms with E-state index < -0.39 is 0 Å². The van der Waals surface area contributed by atoms with Gasteiger partial charge in [0.25, 0.3) is 0 Å². The molecular weight excluding hydrogens is 225 g/mol. The van der Waals surface area contributed by atoms with Gasteiger partial charge < -0.3 is 4.98 Å². The Morgan fingerprint density at radius 3 is 3.00 bits per heavy atom. The number of aromatic amines is 1. The Balaban J connectivity index is 2.90. The van der Waals surface area contributed by atoms with Gasteiger partial charge in [0.05, 0.1) is 0 Å². The molecule has 1 heterocycles. The molecule has 0 amide bonds. The highest BCUT2D eigenvalue weighted by Crippen LogP contribution is 2.25. The fourth-order valence-corrected chi connectivity index (χ4v) is 1.68. The van der Waals surface area contributed by atoms with Crippen LogP contribution in [0, 0.1) is 6.07 Å². The van der Waals surface area contributed by atoms with E-state index in [1.165, 1.54) is 0 Å². The van der Waals surface area contributed by atoms with E-state index in [0.29, 0.717) is 5.15 Å². The molecule has 1 aromatic carbocycles. The molecule has 2 aromatic rings. The lowest BCUT2D eigenvalue weighted by atomic mass is 10.3. The van der Waals surface area contributed by atoms with Gasteiger partial charge >= 0.3 is 0 Å². The predicted octanol–water partition coefficient (Wildman–Crippen LogP) is 3.38. The minimum Gasteiger partial charge on any atom is -0.345 e. The maximum Gasteiger partial charge on any atom is 0.115 e. The lowest BCUT2D eigenvalue weighted by molar-refractivity contribution is 1.47. The normalized spacial score (nSPS) is 10.7. The third-order valence-electron chi connectivity index (χ3n) is 1.49. The highest BCUT2D eigenvalue weighted by Gasteiger charge is 2.00. The average molecular weight is 229 g/mol. The van der Waals surface area contributed by atoms with Crippen LogP contribution in [0.4, 0.5) is 0 Å². The summed E-state index contributed by atoms with van der Waals surface area (Å²) in [5.41, 5.74) is 1.00. The van der Waals surface area contributed by atoms with Crippen molar-refractivity contribution < 1.29 is 0 Å². The number of benzene rings is 1. The van der Waals surface area contributed by atoms with Gasteiger partial charge in [0, 0.05) is 21.4 Å². The first-order chi connectivity index (χ1) is 5.27. The summed E-state index contributed by atoms with van der Waals surface area (Å²) in [6, 6.07) is 8.86. The van der Waals surface area contributed by atoms with Gasteiger partial charge in [0.15, 0.2) is 0 Å². The minimum atomic E-state index is 0.548. The number of hydrogen-bond donors (Lipinski definition) is 1. The molecule has 0 bridgehead atoms. The summed E-state index contributed by atoms with van der Waals surface area (Å²) in [4.78, 5) is 2.98. The number of fused-ring (bicyclic) bond motifs is 1. The molecule has 1 radical (unpaired) electrons. The van der Waals surface area contributed by atoms with Crippen molar-refractivity contribution in [3.05, 3.63) is 33.9 Å². The van der Waals surface area contributed by atoms with Crippen LogP contribution in [0.15, 0.2) is 22.7 Å². The van der Waals surface area contributed by atoms with Crippen molar-refractivity contribution in [3.8, 4) is 0 Å². The van der Waals surface area contributed by atoms with Crippen LogP contribution in [0.2, 0.25) is 5.15 Å². The lowest BCUT2D eigenvalue weighted by Gasteiger charge is -1.89. The predicted molar refractivity (Wildman–Crippen MR) is 49.8 cm³/mol. The first kappa shape index (κ1) is 7.19. The fraction of sp³-hybridized carbons (Fsp3) is 0. The van der Waals surface area contributed by atoms with Gasteiger partial charge in [0.2, 0.25) is 0 Å². The summed E-state index contributed by atoms with van der Waals surface area (Å²) in [5.74, 6) is 0. The summed E-state index contributed by atoms with van der Waals surface area (Å²) in [7, 11) is 0. The van der Waals surface area contributed by atoms with Crippen molar-refractivity contribution in [2.45, 2.75) is 0 Å². The topological polar surface area (TPSA) is 15.8 Å². The Bertz CT molecular complexity index is 394. The summed E-state index contributed by atoms with van der Waals surface area (Å²) in [6.07, 6.45) is 0. The zero-order valence-electron chi connectivity index (χ0n) is 5.49. The van der Waals surface area contributed by atoms with E-state index in [4.69, 9.17) is 11.6 Å². The largest absolute Gasteiger partial charge is 0.345 e. The molecule has 0 unspecified atom stereocenters. The van der Waals surface area contributed by atoms with Gasteiger partial charge in [-0.3, -0.25) is 0 Å². The van der Waals surface area contributed by atoms with Crippen LogP contribution in [-0.2, 0) is 0 Å². The van der Waals surface area contributed by atoms with Crippen LogP contribution in [0.25, 0.3) is 10.9 Å². The van der Waals surface area contributed by atoms with Crippen molar-refractivity contribution in [1.82, 2.24) is 4.98 Å². The molecule has 0 aliphatic carbocycles. The second kappa shape index (κ2) is 2.54. The number of hydrogen-bond acceptors (Lipinski definition) is 0. The van der Waals surface area contributed by atoms with Crippen molar-refractivity contribution in [2.24, 2.45) is 0 Å². The zero-order valence-corrected chi connectivity index (χ0v) is 7.83. The van der Waals surface area contributed by atoms with Crippen LogP contribution >= 0.6 is 27.5 Å². The van der Waals surface area contributed by atoms with Gasteiger partial charge in [-0.25, -0.2) is 0 Å². The molecule has 1 N–H and O–H groups in total. The Morgan fingerprint density at radius 1 is 1.45 bits per heavy atom. The van der Waals surface area contributed by atoms with Crippen LogP contribution in [-0.4, -0.2) is 4.98 Å². The number of halogens is 2. The molecule has 2 rings (SSSR count). The van der Waals surface area contributed by atoms with Gasteiger partial charge in [-0.2, -0.15) is 0 Å². The van der Waals surface area contributed by atoms with E-state index in [9.17, 15) is 0 Å². The maximum atomic E-state index is 5.72. The Hall–Kier alpha value is -0.470. The summed E-state index contributed by atoms with van der Waals surface area (Å²) < 4.78 is 1.01. The van der Waals surface area contributed by atoms with E-state index in [1.54, 1.807) is 0 Å². The van der Waals surface area contributed by atoms with Crippen molar-refractivity contribution in [3.63, 3.8) is 0 Å². The number of nitrogens with one attached hydrogen (secondary N) is 1. The average Bonchev–Trinajstić information content (AvgIpc) is 2.31. The van der Waals surface area contributed by atoms with Crippen molar-refractivity contribution >= 4 is 38.4 Å². The molecule has 0 fully saturated rings. The Labute approximate surface area is 77.5 Å². The number of rotatable bonds is 0. The van der Waals surface area contributed by atoms with E-state index >= 15 is 0 Å². The van der Waals surface area contributed by atoms with Gasteiger partial charge in [0.1, 0.15) is 5.15 Å². The third kappa shape index (κ3) is 1.17. The molecule has 0 saturated carbocycles. The van der Waals surface area contributed by atoms with Crippen LogP contribution in [0.5, 0.6) is 0 Å². The van der Waals surface area contributed by atoms with E-state index in [2.05, 4.69) is 27.0 Å². The van der Waals surface area contributed by atoms with E-state index in [-0.39, 0.29) is 0 Å². The van der Waals surface area contributed by atoms with Crippen LogP contribution in [0.3, 0.4) is 0 Å². The second-order valence-electron chi connectivity index (χ2n) is 2.23. The first-order valence-corrected chi connectivity index (χ1v) is 4.29. The smallest absolute Gasteiger partial charge is 0.115 e. The Morgan fingerprint density at radius 2 is 2.27 bits per heavy atom. The summed E-state index contributed by atoms with van der Waals surface area (Å²) in [5, 5.41) is 1.55. The number of H-pyrrole nitrogens is 1. The quantitative estimate of drug-likeness (QED) is 0.713. The van der Waals surface area contributed by atoms with Gasteiger partial charge in [-0.05, 0) is 12.1 Å². The SMILES string of the molecule is Clc1[c]c2c(Br)cccc2[nH]1. The molecule has 1 aromatic heterocycles. The summed E-state index contributed by atoms with van der Waals surface area (Å²) >= 11 is 9.12. The second-order valence-corrected chi connectivity index (χ2v) is 3.46. The molecule has 0 atom stereocenters. The standard InChI is InChI=1S/C8H4BrClN/c9-6-2-1-3-7-5(6)4-8(10)11-7/h1-3,11H. The van der Waals surface area contributed by atoms with Crippen molar-refractivity contribution in [2.75, 3.05) is 0 Å². The lowest BCUT2D eigenvalue weighted by Crippen LogP contribution is -1.67. The highest BCUT2D eigenvalue weighted by atomic mass is 79.9. The zero-order chi connectivity index (χ0) is 7.84. The molecule has 0 spiro atoms. The molecule has 55 valence electrons. The molecule has 0 aliphatic heterocycles. The summed E-state index contributed by atoms with van der Waals surface area (Å²) in [6.45, 7) is 0. The molecule has 0 aliphatic rings. The van der Waals surface area contributed by atoms with Gasteiger partial charge in [-0.1, -0.05) is 33.6 Å². The van der Waals surface area contributed by atoms with E-state index in [0.717, 1.165) is 15.4 Å². The number of aromatic nitrogens is 1. The van der Waals surface area contributed by atoms with Crippen LogP contribution in [0.1, 0.15) is 0 Å².